The van der Waals surface area contributed by atoms with E-state index in [0.717, 1.165) is 12.8 Å². The highest BCUT2D eigenvalue weighted by Crippen LogP contribution is 2.45. The standard InChI is InChI=1S/C13H21F2NO4S/c1-2-20-12(17)5-6-16(10-3-4-10)21(18,19)8-9-7-11(9)13(14)15/h9-11,13H,2-8H2,1H3/t9-,11+/m0/s1. The molecule has 5 nitrogen and oxygen atoms in total. The van der Waals surface area contributed by atoms with Crippen LogP contribution in [0.5, 0.6) is 0 Å². The summed E-state index contributed by atoms with van der Waals surface area (Å²) in [6.07, 6.45) is -0.630. The Labute approximate surface area is 123 Å². The van der Waals surface area contributed by atoms with Crippen molar-refractivity contribution in [2.45, 2.75) is 45.1 Å². The first-order valence-corrected chi connectivity index (χ1v) is 8.89. The molecular formula is C13H21F2NO4S. The van der Waals surface area contributed by atoms with Gasteiger partial charge in [-0.05, 0) is 32.1 Å². The van der Waals surface area contributed by atoms with E-state index >= 15 is 0 Å². The number of sulfonamides is 1. The molecule has 0 aromatic rings. The molecule has 0 unspecified atom stereocenters. The highest BCUT2D eigenvalue weighted by atomic mass is 32.2. The van der Waals surface area contributed by atoms with Crippen LogP contribution in [0.4, 0.5) is 8.78 Å². The number of esters is 1. The summed E-state index contributed by atoms with van der Waals surface area (Å²) in [5.74, 6) is -1.90. The second-order valence-electron chi connectivity index (χ2n) is 5.67. The van der Waals surface area contributed by atoms with Crippen LogP contribution in [0.15, 0.2) is 0 Å². The van der Waals surface area contributed by atoms with Gasteiger partial charge >= 0.3 is 5.97 Å². The van der Waals surface area contributed by atoms with Gasteiger partial charge in [0, 0.05) is 18.5 Å². The lowest BCUT2D eigenvalue weighted by Gasteiger charge is -2.21. The molecule has 0 heterocycles. The quantitative estimate of drug-likeness (QED) is 0.605. The van der Waals surface area contributed by atoms with Crippen molar-refractivity contribution in [1.82, 2.24) is 4.31 Å². The molecule has 0 bridgehead atoms. The third-order valence-corrected chi connectivity index (χ3v) is 5.92. The topological polar surface area (TPSA) is 63.7 Å². The van der Waals surface area contributed by atoms with Crippen LogP contribution in [0, 0.1) is 11.8 Å². The number of ether oxygens (including phenoxy) is 1. The summed E-state index contributed by atoms with van der Waals surface area (Å²) in [5, 5.41) is 0. The van der Waals surface area contributed by atoms with Crippen molar-refractivity contribution < 1.29 is 26.7 Å². The minimum atomic E-state index is -3.58. The van der Waals surface area contributed by atoms with E-state index in [1.807, 2.05) is 0 Å². The molecule has 2 fully saturated rings. The number of hydrogen-bond acceptors (Lipinski definition) is 4. The zero-order valence-corrected chi connectivity index (χ0v) is 12.8. The molecule has 2 rings (SSSR count). The van der Waals surface area contributed by atoms with Gasteiger partial charge < -0.3 is 4.74 Å². The average Bonchev–Trinajstić information content (AvgIpc) is 3.23. The second kappa shape index (κ2) is 6.56. The lowest BCUT2D eigenvalue weighted by molar-refractivity contribution is -0.143. The summed E-state index contributed by atoms with van der Waals surface area (Å²) in [7, 11) is -3.58. The second-order valence-corrected chi connectivity index (χ2v) is 7.64. The van der Waals surface area contributed by atoms with Crippen LogP contribution in [0.1, 0.15) is 32.6 Å². The van der Waals surface area contributed by atoms with Gasteiger partial charge in [-0.25, -0.2) is 17.2 Å². The van der Waals surface area contributed by atoms with Crippen molar-refractivity contribution in [3.63, 3.8) is 0 Å². The van der Waals surface area contributed by atoms with Gasteiger partial charge in [0.2, 0.25) is 16.4 Å². The summed E-state index contributed by atoms with van der Waals surface area (Å²) >= 11 is 0. The van der Waals surface area contributed by atoms with E-state index in [1.54, 1.807) is 6.92 Å². The van der Waals surface area contributed by atoms with E-state index in [2.05, 4.69) is 0 Å². The van der Waals surface area contributed by atoms with Gasteiger partial charge in [0.15, 0.2) is 0 Å². The number of rotatable bonds is 9. The molecule has 2 aliphatic rings. The first kappa shape index (κ1) is 16.6. The van der Waals surface area contributed by atoms with Crippen LogP contribution in [0.25, 0.3) is 0 Å². The maximum Gasteiger partial charge on any atom is 0.307 e. The molecular weight excluding hydrogens is 304 g/mol. The molecule has 0 radical (unpaired) electrons. The molecule has 2 saturated carbocycles. The monoisotopic (exact) mass is 325 g/mol. The lowest BCUT2D eigenvalue weighted by atomic mass is 10.4. The molecule has 0 saturated heterocycles. The molecule has 0 amide bonds. The Kier molecular flexibility index (Phi) is 5.19. The van der Waals surface area contributed by atoms with Crippen LogP contribution >= 0.6 is 0 Å². The van der Waals surface area contributed by atoms with E-state index in [9.17, 15) is 22.0 Å². The number of halogens is 2. The zero-order chi connectivity index (χ0) is 15.6. The predicted octanol–water partition coefficient (Wildman–Crippen LogP) is 1.64. The highest BCUT2D eigenvalue weighted by molar-refractivity contribution is 7.89. The Morgan fingerprint density at radius 3 is 2.52 bits per heavy atom. The number of hydrogen-bond donors (Lipinski definition) is 0. The van der Waals surface area contributed by atoms with Gasteiger partial charge in [-0.1, -0.05) is 0 Å². The number of alkyl halides is 2. The molecule has 2 atom stereocenters. The molecule has 8 heteroatoms. The predicted molar refractivity (Wildman–Crippen MR) is 72.4 cm³/mol. The fourth-order valence-electron chi connectivity index (χ4n) is 2.48. The molecule has 2 aliphatic carbocycles. The Bertz CT molecular complexity index is 479. The van der Waals surface area contributed by atoms with Crippen molar-refractivity contribution in [2.75, 3.05) is 18.9 Å². The van der Waals surface area contributed by atoms with Crippen LogP contribution in [0.3, 0.4) is 0 Å². The van der Waals surface area contributed by atoms with Gasteiger partial charge in [0.25, 0.3) is 0 Å². The van der Waals surface area contributed by atoms with Crippen molar-refractivity contribution >= 4 is 16.0 Å². The van der Waals surface area contributed by atoms with E-state index in [0.29, 0.717) is 0 Å². The van der Waals surface area contributed by atoms with Gasteiger partial charge in [0.1, 0.15) is 0 Å². The Morgan fingerprint density at radius 2 is 2.05 bits per heavy atom. The molecule has 122 valence electrons. The largest absolute Gasteiger partial charge is 0.466 e. The Balaban J connectivity index is 1.89. The summed E-state index contributed by atoms with van der Waals surface area (Å²) in [6.45, 7) is 2.02. The third-order valence-electron chi connectivity index (χ3n) is 3.88. The SMILES string of the molecule is CCOC(=O)CCN(C1CC1)S(=O)(=O)C[C@@H]1C[C@H]1C(F)F. The fraction of sp³-hybridized carbons (Fsp3) is 0.923. The molecule has 0 aromatic carbocycles. The number of carbonyl (C=O) groups is 1. The summed E-state index contributed by atoms with van der Waals surface area (Å²) in [4.78, 5) is 11.4. The number of carbonyl (C=O) groups excluding carboxylic acids is 1. The molecule has 0 aromatic heterocycles. The van der Waals surface area contributed by atoms with E-state index in [4.69, 9.17) is 4.74 Å². The zero-order valence-electron chi connectivity index (χ0n) is 12.0. The normalized spacial score (nSPS) is 25.4. The summed E-state index contributed by atoms with van der Waals surface area (Å²) < 4.78 is 55.7. The first-order valence-electron chi connectivity index (χ1n) is 7.28. The Morgan fingerprint density at radius 1 is 1.38 bits per heavy atom. The smallest absolute Gasteiger partial charge is 0.307 e. The van der Waals surface area contributed by atoms with Gasteiger partial charge in [0.05, 0.1) is 18.8 Å². The molecule has 0 spiro atoms. The molecule has 0 aliphatic heterocycles. The summed E-state index contributed by atoms with van der Waals surface area (Å²) in [5.41, 5.74) is 0. The van der Waals surface area contributed by atoms with Crippen LogP contribution in [-0.2, 0) is 19.6 Å². The van der Waals surface area contributed by atoms with Gasteiger partial charge in [-0.3, -0.25) is 4.79 Å². The van der Waals surface area contributed by atoms with Crippen molar-refractivity contribution in [1.29, 1.82) is 0 Å². The maximum absolute atomic E-state index is 12.5. The number of nitrogens with zero attached hydrogens (tertiary/aromatic N) is 1. The fourth-order valence-corrected chi connectivity index (χ4v) is 4.63. The average molecular weight is 325 g/mol. The van der Waals surface area contributed by atoms with Crippen molar-refractivity contribution in [3.05, 3.63) is 0 Å². The van der Waals surface area contributed by atoms with Gasteiger partial charge in [-0.15, -0.1) is 0 Å². The minimum absolute atomic E-state index is 0.00646. The minimum Gasteiger partial charge on any atom is -0.466 e. The summed E-state index contributed by atoms with van der Waals surface area (Å²) in [6, 6.07) is -0.0758. The van der Waals surface area contributed by atoms with Gasteiger partial charge in [-0.2, -0.15) is 4.31 Å². The molecule has 0 N–H and O–H groups in total. The van der Waals surface area contributed by atoms with Crippen LogP contribution < -0.4 is 0 Å². The van der Waals surface area contributed by atoms with E-state index in [1.165, 1.54) is 4.31 Å². The molecule has 21 heavy (non-hydrogen) atoms. The maximum atomic E-state index is 12.5. The van der Waals surface area contributed by atoms with Crippen molar-refractivity contribution in [2.24, 2.45) is 11.8 Å². The van der Waals surface area contributed by atoms with Crippen molar-refractivity contribution in [3.8, 4) is 0 Å². The highest BCUT2D eigenvalue weighted by Gasteiger charge is 2.48. The van der Waals surface area contributed by atoms with E-state index < -0.39 is 34.3 Å². The van der Waals surface area contributed by atoms with Crippen LogP contribution in [0.2, 0.25) is 0 Å². The Hall–Kier alpha value is -0.760. The lowest BCUT2D eigenvalue weighted by Crippen LogP contribution is -2.37. The third kappa shape index (κ3) is 4.60. The van der Waals surface area contributed by atoms with E-state index in [-0.39, 0.29) is 37.8 Å². The first-order chi connectivity index (χ1) is 9.85. The van der Waals surface area contributed by atoms with Crippen LogP contribution in [-0.4, -0.2) is 50.1 Å².